The predicted octanol–water partition coefficient (Wildman–Crippen LogP) is 5.19. The van der Waals surface area contributed by atoms with Gasteiger partial charge in [-0.25, -0.2) is 0 Å². The van der Waals surface area contributed by atoms with Crippen molar-refractivity contribution in [2.45, 2.75) is 5.92 Å². The zero-order chi connectivity index (χ0) is 30.7. The molecular weight excluding hydrogens is 558 g/mol. The van der Waals surface area contributed by atoms with Gasteiger partial charge in [0, 0.05) is 24.3 Å². The Morgan fingerprint density at radius 2 is 1.28 bits per heavy atom. The number of fused-ring (bicyclic) bond motifs is 2. The Hall–Kier alpha value is -5.06. The van der Waals surface area contributed by atoms with E-state index in [4.69, 9.17) is 47.6 Å². The van der Waals surface area contributed by atoms with Crippen LogP contribution in [0, 0.1) is 5.92 Å². The second-order valence-electron chi connectivity index (χ2n) is 9.56. The van der Waals surface area contributed by atoms with Gasteiger partial charge in [0.2, 0.25) is 18.3 Å². The Labute approximate surface area is 249 Å². The lowest BCUT2D eigenvalue weighted by Gasteiger charge is -2.32. The fourth-order valence-corrected chi connectivity index (χ4v) is 5.47. The lowest BCUT2D eigenvalue weighted by Crippen LogP contribution is -2.30. The van der Waals surface area contributed by atoms with E-state index < -0.39 is 17.8 Å². The molecule has 0 aromatic heterocycles. The summed E-state index contributed by atoms with van der Waals surface area (Å²) in [6.45, 7) is 0.104. The van der Waals surface area contributed by atoms with Gasteiger partial charge in [-0.3, -0.25) is 9.79 Å². The second-order valence-corrected chi connectivity index (χ2v) is 9.56. The van der Waals surface area contributed by atoms with Crippen LogP contribution in [-0.2, 0) is 9.53 Å². The Balaban J connectivity index is 1.71. The largest absolute Gasteiger partial charge is 0.493 e. The standard InChI is InChI=1S/C32H33NO10/c1-35-24-10-18(11-25(36-2)30(24)39-5)28-21-14-23-22(42-16-43-23)9-17(21)8-19(29(28)32(34)41-7)15-33-20-12-26(37-3)31(40-6)27(13-20)38-4/h8-15,28-29H,16H2,1-7H3/t28?,29-/m1/s1. The molecule has 0 fully saturated rings. The van der Waals surface area contributed by atoms with Crippen molar-refractivity contribution < 1.29 is 47.4 Å². The first-order valence-corrected chi connectivity index (χ1v) is 13.3. The van der Waals surface area contributed by atoms with Crippen LogP contribution in [0.1, 0.15) is 22.6 Å². The summed E-state index contributed by atoms with van der Waals surface area (Å²) in [6, 6.07) is 10.9. The number of carbonyl (C=O) groups excluding carboxylic acids is 1. The first-order valence-electron chi connectivity index (χ1n) is 13.3. The maximum Gasteiger partial charge on any atom is 0.314 e. The third-order valence-corrected chi connectivity index (χ3v) is 7.44. The molecule has 0 bridgehead atoms. The average Bonchev–Trinajstić information content (AvgIpc) is 3.51. The molecule has 1 heterocycles. The van der Waals surface area contributed by atoms with Crippen LogP contribution in [0.4, 0.5) is 5.69 Å². The highest BCUT2D eigenvalue weighted by Gasteiger charge is 2.40. The van der Waals surface area contributed by atoms with Gasteiger partial charge in [0.05, 0.1) is 61.4 Å². The van der Waals surface area contributed by atoms with Crippen LogP contribution in [0.15, 0.2) is 47.0 Å². The summed E-state index contributed by atoms with van der Waals surface area (Å²) in [4.78, 5) is 18.3. The fourth-order valence-electron chi connectivity index (χ4n) is 5.47. The zero-order valence-corrected chi connectivity index (χ0v) is 25.0. The van der Waals surface area contributed by atoms with Crippen molar-refractivity contribution >= 4 is 23.9 Å². The van der Waals surface area contributed by atoms with Crippen LogP contribution < -0.4 is 37.9 Å². The molecule has 0 spiro atoms. The molecule has 0 saturated heterocycles. The van der Waals surface area contributed by atoms with Gasteiger partial charge in [0.15, 0.2) is 34.5 Å². The molecule has 11 nitrogen and oxygen atoms in total. The monoisotopic (exact) mass is 591 g/mol. The molecule has 43 heavy (non-hydrogen) atoms. The maximum absolute atomic E-state index is 13.6. The molecule has 0 radical (unpaired) electrons. The molecular formula is C32H33NO10. The second kappa shape index (κ2) is 12.4. The van der Waals surface area contributed by atoms with Crippen molar-refractivity contribution in [1.29, 1.82) is 0 Å². The van der Waals surface area contributed by atoms with Gasteiger partial charge in [-0.2, -0.15) is 0 Å². The van der Waals surface area contributed by atoms with Crippen LogP contribution >= 0.6 is 0 Å². The van der Waals surface area contributed by atoms with Crippen LogP contribution in [0.5, 0.6) is 46.0 Å². The number of methoxy groups -OCH3 is 7. The number of benzene rings is 3. The van der Waals surface area contributed by atoms with Crippen LogP contribution in [0.3, 0.4) is 0 Å². The summed E-state index contributed by atoms with van der Waals surface area (Å²) in [5.74, 6) is 2.07. The van der Waals surface area contributed by atoms with E-state index in [9.17, 15) is 4.79 Å². The Morgan fingerprint density at radius 3 is 1.79 bits per heavy atom. The molecule has 3 aromatic rings. The molecule has 11 heteroatoms. The van der Waals surface area contributed by atoms with Crippen LogP contribution in [0.2, 0.25) is 0 Å². The van der Waals surface area contributed by atoms with E-state index in [0.29, 0.717) is 57.3 Å². The van der Waals surface area contributed by atoms with E-state index in [2.05, 4.69) is 0 Å². The van der Waals surface area contributed by atoms with Crippen LogP contribution in [0.25, 0.3) is 6.08 Å². The molecule has 2 aliphatic rings. The van der Waals surface area contributed by atoms with Gasteiger partial charge in [0.25, 0.3) is 0 Å². The minimum Gasteiger partial charge on any atom is -0.493 e. The highest BCUT2D eigenvalue weighted by atomic mass is 16.7. The number of aliphatic imine (C=N–C) groups is 1. The lowest BCUT2D eigenvalue weighted by molar-refractivity contribution is -0.144. The minimum absolute atomic E-state index is 0.104. The summed E-state index contributed by atoms with van der Waals surface area (Å²) >= 11 is 0. The number of nitrogens with zero attached hydrogens (tertiary/aromatic N) is 1. The van der Waals surface area contributed by atoms with Gasteiger partial charge < -0.3 is 42.6 Å². The highest BCUT2D eigenvalue weighted by molar-refractivity contribution is 5.98. The number of esters is 1. The summed E-state index contributed by atoms with van der Waals surface area (Å²) in [6.07, 6.45) is 3.54. The summed E-state index contributed by atoms with van der Waals surface area (Å²) in [5.41, 5.74) is 3.52. The number of ether oxygens (including phenoxy) is 9. The van der Waals surface area contributed by atoms with Crippen molar-refractivity contribution in [3.63, 3.8) is 0 Å². The zero-order valence-electron chi connectivity index (χ0n) is 25.0. The highest BCUT2D eigenvalue weighted by Crippen LogP contribution is 2.50. The molecule has 1 aliphatic heterocycles. The van der Waals surface area contributed by atoms with Gasteiger partial charge in [-0.1, -0.05) is 0 Å². The van der Waals surface area contributed by atoms with E-state index in [0.717, 1.165) is 16.7 Å². The van der Waals surface area contributed by atoms with Crippen molar-refractivity contribution in [1.82, 2.24) is 0 Å². The van der Waals surface area contributed by atoms with Crippen LogP contribution in [-0.4, -0.2) is 68.7 Å². The molecule has 0 amide bonds. The van der Waals surface area contributed by atoms with Crippen molar-refractivity contribution in [3.8, 4) is 46.0 Å². The predicted molar refractivity (Wildman–Crippen MR) is 158 cm³/mol. The maximum atomic E-state index is 13.6. The molecule has 3 aromatic carbocycles. The molecule has 2 atom stereocenters. The normalized spacial score (nSPS) is 16.7. The Kier molecular flexibility index (Phi) is 8.51. The number of hydrogen-bond acceptors (Lipinski definition) is 11. The lowest BCUT2D eigenvalue weighted by atomic mass is 9.71. The first kappa shape index (κ1) is 29.4. The molecule has 1 aliphatic carbocycles. The number of rotatable bonds is 10. The topological polar surface area (TPSA) is 113 Å². The fraction of sp³-hybridized carbons (Fsp3) is 0.312. The summed E-state index contributed by atoms with van der Waals surface area (Å²) in [7, 11) is 10.6. The van der Waals surface area contributed by atoms with Crippen molar-refractivity contribution in [2.75, 3.05) is 56.6 Å². The third-order valence-electron chi connectivity index (χ3n) is 7.44. The Morgan fingerprint density at radius 1 is 0.744 bits per heavy atom. The van der Waals surface area contributed by atoms with Gasteiger partial charge in [-0.15, -0.1) is 0 Å². The van der Waals surface area contributed by atoms with E-state index >= 15 is 0 Å². The SMILES string of the molecule is COC(=O)[C@@H]1C(C=Nc2cc(OC)c(OC)c(OC)c2)=Cc2cc3c(cc2C1c1cc(OC)c(OC)c(OC)c1)OCO3. The summed E-state index contributed by atoms with van der Waals surface area (Å²) < 4.78 is 50.0. The molecule has 5 rings (SSSR count). The number of hydrogen-bond donors (Lipinski definition) is 0. The number of carbonyl (C=O) groups is 1. The van der Waals surface area contributed by atoms with Crippen molar-refractivity contribution in [2.24, 2.45) is 10.9 Å². The molecule has 1 unspecified atom stereocenters. The van der Waals surface area contributed by atoms with E-state index in [1.54, 1.807) is 32.6 Å². The van der Waals surface area contributed by atoms with E-state index in [1.807, 2.05) is 30.3 Å². The molecule has 226 valence electrons. The quantitative estimate of drug-likeness (QED) is 0.231. The van der Waals surface area contributed by atoms with Crippen molar-refractivity contribution in [3.05, 3.63) is 58.7 Å². The first-order chi connectivity index (χ1) is 20.9. The van der Waals surface area contributed by atoms with Gasteiger partial charge >= 0.3 is 5.97 Å². The molecule has 0 saturated carbocycles. The molecule has 0 N–H and O–H groups in total. The van der Waals surface area contributed by atoms with E-state index in [1.165, 1.54) is 35.5 Å². The van der Waals surface area contributed by atoms with Gasteiger partial charge in [0.1, 0.15) is 0 Å². The Bertz CT molecular complexity index is 1550. The van der Waals surface area contributed by atoms with E-state index in [-0.39, 0.29) is 6.79 Å². The smallest absolute Gasteiger partial charge is 0.314 e. The summed E-state index contributed by atoms with van der Waals surface area (Å²) in [5, 5.41) is 0. The average molecular weight is 592 g/mol. The third kappa shape index (κ3) is 5.33. The van der Waals surface area contributed by atoms with Gasteiger partial charge in [-0.05, 0) is 52.6 Å². The minimum atomic E-state index is -0.800.